The van der Waals surface area contributed by atoms with E-state index in [9.17, 15) is 4.79 Å². The molecule has 3 aromatic carbocycles. The van der Waals surface area contributed by atoms with Crippen LogP contribution in [-0.2, 0) is 0 Å². The van der Waals surface area contributed by atoms with Crippen LogP contribution in [-0.4, -0.2) is 67.6 Å². The number of carbonyl (C=O) groups is 1. The number of ether oxygens (including phenoxy) is 1. The molecule has 0 aromatic heterocycles. The summed E-state index contributed by atoms with van der Waals surface area (Å²) in [5.74, 6) is 1.22. The van der Waals surface area contributed by atoms with Gasteiger partial charge < -0.3 is 19.9 Å². The van der Waals surface area contributed by atoms with E-state index in [0.29, 0.717) is 11.5 Å². The van der Waals surface area contributed by atoms with Gasteiger partial charge in [-0.1, -0.05) is 73.5 Å². The van der Waals surface area contributed by atoms with Crippen molar-refractivity contribution in [3.8, 4) is 5.75 Å². The van der Waals surface area contributed by atoms with Crippen molar-refractivity contribution in [2.24, 2.45) is 0 Å². The van der Waals surface area contributed by atoms with Gasteiger partial charge in [0.2, 0.25) is 0 Å². The molecular formula is C35H45N3O2. The summed E-state index contributed by atoms with van der Waals surface area (Å²) in [6, 6.07) is 29.4. The molecule has 2 aliphatic heterocycles. The second kappa shape index (κ2) is 15.0. The van der Waals surface area contributed by atoms with Gasteiger partial charge in [-0.15, -0.1) is 0 Å². The van der Waals surface area contributed by atoms with Crippen LogP contribution < -0.4 is 10.1 Å². The van der Waals surface area contributed by atoms with Crippen LogP contribution in [0.15, 0.2) is 84.9 Å². The van der Waals surface area contributed by atoms with Crippen LogP contribution >= 0.6 is 0 Å². The predicted molar refractivity (Wildman–Crippen MR) is 163 cm³/mol. The van der Waals surface area contributed by atoms with E-state index in [1.54, 1.807) is 0 Å². The Labute approximate surface area is 240 Å². The molecule has 2 saturated heterocycles. The largest absolute Gasteiger partial charge is 0.490 e. The second-order valence-electron chi connectivity index (χ2n) is 11.4. The van der Waals surface area contributed by atoms with E-state index < -0.39 is 0 Å². The Morgan fingerprint density at radius 3 is 1.95 bits per heavy atom. The highest BCUT2D eigenvalue weighted by atomic mass is 16.5. The molecule has 0 saturated carbocycles. The number of amides is 1. The van der Waals surface area contributed by atoms with Crippen molar-refractivity contribution in [3.05, 3.63) is 102 Å². The maximum atomic E-state index is 12.6. The molecule has 0 atom stereocenters. The van der Waals surface area contributed by atoms with Crippen LogP contribution in [0.5, 0.6) is 5.75 Å². The zero-order valence-electron chi connectivity index (χ0n) is 23.8. The Morgan fingerprint density at radius 1 is 0.750 bits per heavy atom. The van der Waals surface area contributed by atoms with E-state index >= 15 is 0 Å². The molecule has 1 amide bonds. The van der Waals surface area contributed by atoms with Gasteiger partial charge in [-0.05, 0) is 87.1 Å². The summed E-state index contributed by atoms with van der Waals surface area (Å²) in [5, 5.41) is 3.09. The quantitative estimate of drug-likeness (QED) is 0.288. The lowest BCUT2D eigenvalue weighted by Crippen LogP contribution is -2.40. The molecule has 0 aliphatic carbocycles. The lowest BCUT2D eigenvalue weighted by molar-refractivity contribution is 0.0950. The predicted octanol–water partition coefficient (Wildman–Crippen LogP) is 6.36. The van der Waals surface area contributed by atoms with Crippen molar-refractivity contribution >= 4 is 5.91 Å². The van der Waals surface area contributed by atoms with Gasteiger partial charge in [0.05, 0.1) is 0 Å². The van der Waals surface area contributed by atoms with Crippen LogP contribution in [0.4, 0.5) is 0 Å². The minimum atomic E-state index is 0.00195. The fraction of sp³-hybridized carbons (Fsp3) is 0.457. The smallest absolute Gasteiger partial charge is 0.251 e. The SMILES string of the molecule is O=C(NCCCN1CCCCCC1)c1ccc(OC2CCN(CC(c3ccccc3)c3ccccc3)CC2)cc1. The third-order valence-corrected chi connectivity index (χ3v) is 8.43. The average Bonchev–Trinajstić information content (AvgIpc) is 3.29. The molecule has 40 heavy (non-hydrogen) atoms. The van der Waals surface area contributed by atoms with Gasteiger partial charge in [0.25, 0.3) is 5.91 Å². The highest BCUT2D eigenvalue weighted by Crippen LogP contribution is 2.28. The fourth-order valence-corrected chi connectivity index (χ4v) is 6.09. The molecule has 5 nitrogen and oxygen atoms in total. The number of piperidine rings is 1. The maximum absolute atomic E-state index is 12.6. The van der Waals surface area contributed by atoms with E-state index in [2.05, 4.69) is 75.8 Å². The summed E-state index contributed by atoms with van der Waals surface area (Å²) in [6.07, 6.45) is 8.56. The van der Waals surface area contributed by atoms with Crippen molar-refractivity contribution < 1.29 is 9.53 Å². The first-order valence-corrected chi connectivity index (χ1v) is 15.3. The molecule has 1 N–H and O–H groups in total. The number of benzene rings is 3. The summed E-state index contributed by atoms with van der Waals surface area (Å²) < 4.78 is 6.32. The summed E-state index contributed by atoms with van der Waals surface area (Å²) in [4.78, 5) is 17.7. The highest BCUT2D eigenvalue weighted by molar-refractivity contribution is 5.94. The number of hydrogen-bond donors (Lipinski definition) is 1. The minimum absolute atomic E-state index is 0.00195. The molecule has 5 rings (SSSR count). The third-order valence-electron chi connectivity index (χ3n) is 8.43. The molecular weight excluding hydrogens is 494 g/mol. The summed E-state index contributed by atoms with van der Waals surface area (Å²) in [6.45, 7) is 7.28. The normalized spacial score (nSPS) is 17.4. The van der Waals surface area contributed by atoms with Gasteiger partial charge in [-0.2, -0.15) is 0 Å². The minimum Gasteiger partial charge on any atom is -0.490 e. The van der Waals surface area contributed by atoms with Gasteiger partial charge in [0.15, 0.2) is 0 Å². The van der Waals surface area contributed by atoms with E-state index in [4.69, 9.17) is 4.74 Å². The highest BCUT2D eigenvalue weighted by Gasteiger charge is 2.24. The third kappa shape index (κ3) is 8.42. The van der Waals surface area contributed by atoms with Crippen LogP contribution in [0, 0.1) is 0 Å². The monoisotopic (exact) mass is 539 g/mol. The number of carbonyl (C=O) groups excluding carboxylic acids is 1. The summed E-state index contributed by atoms with van der Waals surface area (Å²) >= 11 is 0. The first-order valence-electron chi connectivity index (χ1n) is 15.3. The molecule has 0 bridgehead atoms. The maximum Gasteiger partial charge on any atom is 0.251 e. The number of hydrogen-bond acceptors (Lipinski definition) is 4. The number of rotatable bonds is 11. The van der Waals surface area contributed by atoms with Crippen molar-refractivity contribution in [1.82, 2.24) is 15.1 Å². The summed E-state index contributed by atoms with van der Waals surface area (Å²) in [7, 11) is 0. The van der Waals surface area contributed by atoms with Crippen LogP contribution in [0.3, 0.4) is 0 Å². The van der Waals surface area contributed by atoms with Crippen molar-refractivity contribution in [2.45, 2.75) is 57.0 Å². The van der Waals surface area contributed by atoms with Gasteiger partial charge in [-0.25, -0.2) is 0 Å². The van der Waals surface area contributed by atoms with Gasteiger partial charge in [0, 0.05) is 37.7 Å². The molecule has 3 aromatic rings. The average molecular weight is 540 g/mol. The Morgan fingerprint density at radius 2 is 1.35 bits per heavy atom. The Kier molecular flexibility index (Phi) is 10.7. The second-order valence-corrected chi connectivity index (χ2v) is 11.4. The molecule has 0 radical (unpaired) electrons. The van der Waals surface area contributed by atoms with Gasteiger partial charge in [0.1, 0.15) is 11.9 Å². The van der Waals surface area contributed by atoms with Crippen molar-refractivity contribution in [3.63, 3.8) is 0 Å². The standard InChI is InChI=1S/C35H45N3O2/c39-35(36-22-11-25-37-23-9-1-2-10-24-37)31-16-18-32(19-17-31)40-33-20-26-38(27-21-33)28-34(29-12-5-3-6-13-29)30-14-7-4-8-15-30/h3-8,12-19,33-34H,1-2,9-11,20-28H2,(H,36,39). The van der Waals surface area contributed by atoms with E-state index in [1.807, 2.05) is 24.3 Å². The Bertz CT molecular complexity index is 1100. The van der Waals surface area contributed by atoms with Crippen LogP contribution in [0.25, 0.3) is 0 Å². The van der Waals surface area contributed by atoms with Crippen molar-refractivity contribution in [1.29, 1.82) is 0 Å². The first-order chi connectivity index (χ1) is 19.7. The van der Waals surface area contributed by atoms with E-state index in [1.165, 1.54) is 49.9 Å². The molecule has 2 fully saturated rings. The fourth-order valence-electron chi connectivity index (χ4n) is 6.09. The number of nitrogens with one attached hydrogen (secondary N) is 1. The first kappa shape index (κ1) is 28.4. The topological polar surface area (TPSA) is 44.8 Å². The molecule has 2 aliphatic rings. The van der Waals surface area contributed by atoms with Crippen LogP contribution in [0.2, 0.25) is 0 Å². The molecule has 0 unspecified atom stereocenters. The molecule has 212 valence electrons. The molecule has 5 heteroatoms. The summed E-state index contributed by atoms with van der Waals surface area (Å²) in [5.41, 5.74) is 3.44. The van der Waals surface area contributed by atoms with Gasteiger partial charge >= 0.3 is 0 Å². The zero-order valence-corrected chi connectivity index (χ0v) is 23.8. The number of likely N-dealkylation sites (tertiary alicyclic amines) is 2. The van der Waals surface area contributed by atoms with Crippen LogP contribution in [0.1, 0.15) is 72.3 Å². The zero-order chi connectivity index (χ0) is 27.4. The molecule has 0 spiro atoms. The lowest BCUT2D eigenvalue weighted by Gasteiger charge is -2.34. The Hall–Kier alpha value is -3.15. The number of nitrogens with zero attached hydrogens (tertiary/aromatic N) is 2. The lowest BCUT2D eigenvalue weighted by atomic mass is 9.90. The van der Waals surface area contributed by atoms with Crippen molar-refractivity contribution in [2.75, 3.05) is 45.8 Å². The van der Waals surface area contributed by atoms with E-state index in [0.717, 1.165) is 57.7 Å². The molecule has 2 heterocycles. The van der Waals surface area contributed by atoms with Gasteiger partial charge in [-0.3, -0.25) is 4.79 Å². The van der Waals surface area contributed by atoms with E-state index in [-0.39, 0.29) is 12.0 Å². The Balaban J connectivity index is 1.05.